The van der Waals surface area contributed by atoms with Crippen molar-refractivity contribution in [3.63, 3.8) is 0 Å². The van der Waals surface area contributed by atoms with Crippen LogP contribution in [-0.4, -0.2) is 78.4 Å². The van der Waals surface area contributed by atoms with Gasteiger partial charge in [0.15, 0.2) is 9.84 Å². The van der Waals surface area contributed by atoms with Crippen LogP contribution in [0.2, 0.25) is 0 Å². The smallest absolute Gasteiger partial charge is 0.264 e. The van der Waals surface area contributed by atoms with E-state index < -0.39 is 15.9 Å². The maximum atomic E-state index is 13.2. The Kier molecular flexibility index (Phi) is 7.65. The Labute approximate surface area is 206 Å². The summed E-state index contributed by atoms with van der Waals surface area (Å²) in [5, 5.41) is 17.2. The number of fused-ring (bicyclic) bond motifs is 3. The van der Waals surface area contributed by atoms with Crippen molar-refractivity contribution < 1.29 is 18.3 Å². The number of hydrogen-bond donors (Lipinski definition) is 3. The first kappa shape index (κ1) is 25.8. The van der Waals surface area contributed by atoms with Gasteiger partial charge in [0.05, 0.1) is 17.5 Å². The third-order valence-electron chi connectivity index (χ3n) is 7.09. The normalized spacial score (nSPS) is 23.6. The van der Waals surface area contributed by atoms with E-state index in [0.717, 1.165) is 42.8 Å². The Hall–Kier alpha value is -2.27. The Balaban J connectivity index is 1.41. The monoisotopic (exact) mass is 504 g/mol. The van der Waals surface area contributed by atoms with E-state index >= 15 is 0 Å². The van der Waals surface area contributed by atoms with Crippen molar-refractivity contribution in [1.82, 2.24) is 20.1 Å². The lowest BCUT2D eigenvalue weighted by Crippen LogP contribution is -2.53. The van der Waals surface area contributed by atoms with Crippen LogP contribution in [-0.2, 0) is 9.84 Å². The molecule has 2 aliphatic rings. The van der Waals surface area contributed by atoms with Crippen LogP contribution in [0, 0.1) is 0 Å². The summed E-state index contributed by atoms with van der Waals surface area (Å²) in [4.78, 5) is 28.7. The third kappa shape index (κ3) is 5.94. The largest absolute Gasteiger partial charge is 0.390 e. The lowest BCUT2D eigenvalue weighted by molar-refractivity contribution is 0.0509. The van der Waals surface area contributed by atoms with E-state index in [1.807, 2.05) is 38.1 Å². The second-order valence-corrected chi connectivity index (χ2v) is 12.4. The number of nitrogens with one attached hydrogen (secondary N) is 2. The SMILES string of the molecule is CC(C)n1c(=O)c(C(=O)NC2CC3CCC(C2)N3C[C@H](O)CNCS(C)(=O)=O)cc2ccccc21. The number of nitrogens with zero attached hydrogens (tertiary/aromatic N) is 2. The minimum atomic E-state index is -3.13. The number of sulfone groups is 1. The number of hydrogen-bond acceptors (Lipinski definition) is 7. The molecule has 1 aromatic heterocycles. The Bertz CT molecular complexity index is 1230. The molecule has 1 aromatic carbocycles. The van der Waals surface area contributed by atoms with Gasteiger partial charge in [-0.3, -0.25) is 14.5 Å². The van der Waals surface area contributed by atoms with Crippen LogP contribution < -0.4 is 16.2 Å². The van der Waals surface area contributed by atoms with Crippen LogP contribution in [0.4, 0.5) is 0 Å². The van der Waals surface area contributed by atoms with Gasteiger partial charge < -0.3 is 20.3 Å². The number of amides is 1. The van der Waals surface area contributed by atoms with Crippen LogP contribution in [0.25, 0.3) is 10.9 Å². The molecule has 9 nitrogen and oxygen atoms in total. The number of aromatic nitrogens is 1. The topological polar surface area (TPSA) is 121 Å². The van der Waals surface area contributed by atoms with Crippen molar-refractivity contribution in [1.29, 1.82) is 0 Å². The molecule has 0 aliphatic carbocycles. The fraction of sp³-hybridized carbons (Fsp3) is 0.600. The highest BCUT2D eigenvalue weighted by molar-refractivity contribution is 7.90. The quantitative estimate of drug-likeness (QED) is 0.470. The van der Waals surface area contributed by atoms with E-state index in [0.29, 0.717) is 6.54 Å². The highest BCUT2D eigenvalue weighted by Crippen LogP contribution is 2.35. The zero-order chi connectivity index (χ0) is 25.3. The van der Waals surface area contributed by atoms with Crippen LogP contribution in [0.1, 0.15) is 55.9 Å². The number of aliphatic hydroxyl groups excluding tert-OH is 1. The molecule has 4 rings (SSSR count). The van der Waals surface area contributed by atoms with Crippen molar-refractivity contribution >= 4 is 26.6 Å². The molecule has 192 valence electrons. The van der Waals surface area contributed by atoms with E-state index in [9.17, 15) is 23.1 Å². The molecule has 10 heteroatoms. The fourth-order valence-electron chi connectivity index (χ4n) is 5.63. The average molecular weight is 505 g/mol. The molecule has 35 heavy (non-hydrogen) atoms. The number of carbonyl (C=O) groups is 1. The summed E-state index contributed by atoms with van der Waals surface area (Å²) < 4.78 is 24.2. The minimum Gasteiger partial charge on any atom is -0.390 e. The first-order chi connectivity index (χ1) is 16.5. The number of para-hydroxylation sites is 1. The summed E-state index contributed by atoms with van der Waals surface area (Å²) in [7, 11) is -3.13. The van der Waals surface area contributed by atoms with Gasteiger partial charge in [-0.15, -0.1) is 0 Å². The van der Waals surface area contributed by atoms with Crippen LogP contribution in [0.15, 0.2) is 35.1 Å². The van der Waals surface area contributed by atoms with Gasteiger partial charge in [0, 0.05) is 43.5 Å². The van der Waals surface area contributed by atoms with Gasteiger partial charge in [-0.2, -0.15) is 0 Å². The molecular weight excluding hydrogens is 468 g/mol. The molecule has 2 aromatic rings. The zero-order valence-electron chi connectivity index (χ0n) is 20.6. The summed E-state index contributed by atoms with van der Waals surface area (Å²) in [6, 6.07) is 9.68. The summed E-state index contributed by atoms with van der Waals surface area (Å²) >= 11 is 0. The molecule has 3 atom stereocenters. The van der Waals surface area contributed by atoms with E-state index in [-0.39, 0.29) is 53.6 Å². The predicted octanol–water partition coefficient (Wildman–Crippen LogP) is 1.26. The summed E-state index contributed by atoms with van der Waals surface area (Å²) in [5.74, 6) is -0.490. The molecule has 2 unspecified atom stereocenters. The summed E-state index contributed by atoms with van der Waals surface area (Å²) in [5.41, 5.74) is 0.709. The predicted molar refractivity (Wildman–Crippen MR) is 136 cm³/mol. The maximum absolute atomic E-state index is 13.2. The standard InChI is InChI=1S/C25H36N4O5S/c1-16(2)29-23-7-5-4-6-17(23)10-22(25(29)32)24(31)27-18-11-19-8-9-20(12-18)28(19)14-21(30)13-26-15-35(3,33)34/h4-7,10,16,18-21,26,30H,8-9,11-15H2,1-3H3,(H,27,31)/t18?,19?,20?,21-/m1/s1. The van der Waals surface area contributed by atoms with Crippen molar-refractivity contribution in [3.05, 3.63) is 46.2 Å². The Morgan fingerprint density at radius 1 is 1.17 bits per heavy atom. The molecular formula is C25H36N4O5S. The van der Waals surface area contributed by atoms with E-state index in [2.05, 4.69) is 15.5 Å². The number of aliphatic hydroxyl groups is 1. The highest BCUT2D eigenvalue weighted by atomic mass is 32.2. The molecule has 2 fully saturated rings. The Morgan fingerprint density at radius 2 is 1.83 bits per heavy atom. The zero-order valence-corrected chi connectivity index (χ0v) is 21.4. The van der Waals surface area contributed by atoms with E-state index in [4.69, 9.17) is 0 Å². The summed E-state index contributed by atoms with van der Waals surface area (Å²) in [6.45, 7) is 4.56. The molecule has 2 bridgehead atoms. The van der Waals surface area contributed by atoms with Crippen molar-refractivity contribution in [2.45, 2.75) is 69.8 Å². The van der Waals surface area contributed by atoms with E-state index in [1.54, 1.807) is 10.6 Å². The van der Waals surface area contributed by atoms with Crippen molar-refractivity contribution in [2.24, 2.45) is 0 Å². The first-order valence-corrected chi connectivity index (χ1v) is 14.4. The molecule has 3 heterocycles. The third-order valence-corrected chi connectivity index (χ3v) is 7.82. The minimum absolute atomic E-state index is 0.0323. The van der Waals surface area contributed by atoms with Gasteiger partial charge in [0.25, 0.3) is 11.5 Å². The molecule has 1 amide bonds. The summed E-state index contributed by atoms with van der Waals surface area (Å²) in [6.07, 6.45) is 4.00. The number of pyridine rings is 1. The second-order valence-electron chi connectivity index (χ2n) is 10.3. The Morgan fingerprint density at radius 3 is 2.46 bits per heavy atom. The first-order valence-electron chi connectivity index (χ1n) is 12.3. The number of piperidine rings is 1. The molecule has 2 saturated heterocycles. The van der Waals surface area contributed by atoms with Gasteiger partial charge in [0.2, 0.25) is 0 Å². The maximum Gasteiger partial charge on any atom is 0.264 e. The second kappa shape index (κ2) is 10.4. The van der Waals surface area contributed by atoms with Crippen molar-refractivity contribution in [2.75, 3.05) is 25.2 Å². The molecule has 3 N–H and O–H groups in total. The van der Waals surface area contributed by atoms with Gasteiger partial charge in [-0.05, 0) is 57.0 Å². The lowest BCUT2D eigenvalue weighted by atomic mass is 9.96. The van der Waals surface area contributed by atoms with Crippen LogP contribution in [0.5, 0.6) is 0 Å². The van der Waals surface area contributed by atoms with Crippen LogP contribution in [0.3, 0.4) is 0 Å². The molecule has 0 spiro atoms. The molecule has 2 aliphatic heterocycles. The molecule has 0 saturated carbocycles. The van der Waals surface area contributed by atoms with E-state index in [1.165, 1.54) is 0 Å². The van der Waals surface area contributed by atoms with Gasteiger partial charge in [0.1, 0.15) is 5.56 Å². The highest BCUT2D eigenvalue weighted by Gasteiger charge is 2.41. The van der Waals surface area contributed by atoms with Gasteiger partial charge >= 0.3 is 0 Å². The van der Waals surface area contributed by atoms with Gasteiger partial charge in [-0.1, -0.05) is 18.2 Å². The lowest BCUT2D eigenvalue weighted by Gasteiger charge is -2.40. The fourth-order valence-corrected chi connectivity index (χ4v) is 6.12. The average Bonchev–Trinajstić information content (AvgIpc) is 2.99. The number of benzene rings is 1. The number of carbonyl (C=O) groups excluding carboxylic acids is 1. The van der Waals surface area contributed by atoms with Crippen molar-refractivity contribution in [3.8, 4) is 0 Å². The number of rotatable bonds is 9. The molecule has 0 radical (unpaired) electrons. The van der Waals surface area contributed by atoms with Crippen LogP contribution >= 0.6 is 0 Å². The van der Waals surface area contributed by atoms with Gasteiger partial charge in [-0.25, -0.2) is 8.42 Å².